The van der Waals surface area contributed by atoms with E-state index in [4.69, 9.17) is 23.2 Å². The molecule has 2 unspecified atom stereocenters. The van der Waals surface area contributed by atoms with E-state index in [9.17, 15) is 9.18 Å². The second kappa shape index (κ2) is 9.13. The van der Waals surface area contributed by atoms with Crippen LogP contribution in [-0.2, 0) is 0 Å². The van der Waals surface area contributed by atoms with Crippen LogP contribution < -0.4 is 5.32 Å². The van der Waals surface area contributed by atoms with Crippen LogP contribution in [0.3, 0.4) is 0 Å². The summed E-state index contributed by atoms with van der Waals surface area (Å²) < 4.78 is 14.1. The number of hydrogen-bond donors (Lipinski definition) is 1. The van der Waals surface area contributed by atoms with Gasteiger partial charge in [-0.1, -0.05) is 29.3 Å². The number of nitrogens with zero attached hydrogens (tertiary/aromatic N) is 2. The minimum absolute atomic E-state index is 0.110. The molecule has 160 valence electrons. The van der Waals surface area contributed by atoms with E-state index in [1.54, 1.807) is 11.0 Å². The zero-order chi connectivity index (χ0) is 21.3. The third-order valence-electron chi connectivity index (χ3n) is 6.16. The van der Waals surface area contributed by atoms with Crippen LogP contribution in [0.4, 0.5) is 10.1 Å². The van der Waals surface area contributed by atoms with E-state index in [1.165, 1.54) is 12.1 Å². The molecular formula is C23H26Cl2FN3O. The van der Waals surface area contributed by atoms with Crippen molar-refractivity contribution in [1.82, 2.24) is 9.80 Å². The number of fused-ring (bicyclic) bond motifs is 1. The fraction of sp³-hybridized carbons (Fsp3) is 0.435. The van der Waals surface area contributed by atoms with Gasteiger partial charge in [0.2, 0.25) is 0 Å². The SMILES string of the molecule is Cc1ccc(NCCCN2CC3CN(C(=O)c4ccc(Cl)cc4F)CC3C2)cc1Cl. The van der Waals surface area contributed by atoms with Crippen molar-refractivity contribution < 1.29 is 9.18 Å². The molecule has 1 N–H and O–H groups in total. The summed E-state index contributed by atoms with van der Waals surface area (Å²) in [5.41, 5.74) is 2.24. The van der Waals surface area contributed by atoms with Crippen molar-refractivity contribution in [3.63, 3.8) is 0 Å². The molecule has 0 saturated carbocycles. The summed E-state index contributed by atoms with van der Waals surface area (Å²) in [6, 6.07) is 10.3. The number of anilines is 1. The molecule has 2 aromatic carbocycles. The maximum atomic E-state index is 14.1. The highest BCUT2D eigenvalue weighted by Gasteiger charge is 2.41. The minimum Gasteiger partial charge on any atom is -0.385 e. The van der Waals surface area contributed by atoms with E-state index in [1.807, 2.05) is 19.1 Å². The summed E-state index contributed by atoms with van der Waals surface area (Å²) >= 11 is 12.0. The summed E-state index contributed by atoms with van der Waals surface area (Å²) in [5.74, 6) is 0.154. The van der Waals surface area contributed by atoms with Crippen LogP contribution in [0.25, 0.3) is 0 Å². The van der Waals surface area contributed by atoms with Crippen LogP contribution in [0.5, 0.6) is 0 Å². The van der Waals surface area contributed by atoms with Crippen molar-refractivity contribution >= 4 is 34.8 Å². The van der Waals surface area contributed by atoms with Gasteiger partial charge in [0.15, 0.2) is 0 Å². The number of nitrogens with one attached hydrogen (secondary N) is 1. The first kappa shape index (κ1) is 21.4. The first-order chi connectivity index (χ1) is 14.4. The lowest BCUT2D eigenvalue weighted by Gasteiger charge is -2.22. The quantitative estimate of drug-likeness (QED) is 0.633. The lowest BCUT2D eigenvalue weighted by atomic mass is 10.0. The third kappa shape index (κ3) is 4.74. The summed E-state index contributed by atoms with van der Waals surface area (Å²) in [6.07, 6.45) is 1.05. The Morgan fingerprint density at radius 2 is 1.83 bits per heavy atom. The van der Waals surface area contributed by atoms with Gasteiger partial charge in [0.25, 0.3) is 5.91 Å². The van der Waals surface area contributed by atoms with Crippen molar-refractivity contribution in [3.05, 3.63) is 63.4 Å². The maximum absolute atomic E-state index is 14.1. The molecule has 7 heteroatoms. The third-order valence-corrected chi connectivity index (χ3v) is 6.80. The van der Waals surface area contributed by atoms with Gasteiger partial charge in [0.1, 0.15) is 5.82 Å². The Kier molecular flexibility index (Phi) is 6.51. The molecule has 2 aliphatic heterocycles. The summed E-state index contributed by atoms with van der Waals surface area (Å²) in [7, 11) is 0. The Hall–Kier alpha value is -1.82. The van der Waals surface area contributed by atoms with Crippen molar-refractivity contribution in [3.8, 4) is 0 Å². The number of aryl methyl sites for hydroxylation is 1. The lowest BCUT2D eigenvalue weighted by Crippen LogP contribution is -2.34. The average Bonchev–Trinajstić information content (AvgIpc) is 3.26. The Labute approximate surface area is 186 Å². The standard InChI is InChI=1S/C23H26Cl2FN3O/c1-15-3-5-19(10-21(15)25)27-7-2-8-28-11-16-13-29(14-17(16)12-28)23(30)20-6-4-18(24)9-22(20)26/h3-6,9-10,16-17,27H,2,7-8,11-14H2,1H3. The summed E-state index contributed by atoms with van der Waals surface area (Å²) in [6.45, 7) is 7.30. The zero-order valence-electron chi connectivity index (χ0n) is 17.0. The van der Waals surface area contributed by atoms with E-state index in [0.717, 1.165) is 48.9 Å². The summed E-state index contributed by atoms with van der Waals surface area (Å²) in [4.78, 5) is 17.0. The van der Waals surface area contributed by atoms with Crippen molar-refractivity contribution in [2.24, 2.45) is 11.8 Å². The number of carbonyl (C=O) groups excluding carboxylic acids is 1. The maximum Gasteiger partial charge on any atom is 0.256 e. The Balaban J connectivity index is 1.21. The molecule has 0 spiro atoms. The van der Waals surface area contributed by atoms with E-state index in [-0.39, 0.29) is 11.5 Å². The topological polar surface area (TPSA) is 35.6 Å². The van der Waals surface area contributed by atoms with Gasteiger partial charge in [-0.05, 0) is 67.6 Å². The van der Waals surface area contributed by atoms with Gasteiger partial charge in [0, 0.05) is 48.5 Å². The van der Waals surface area contributed by atoms with Crippen LogP contribution >= 0.6 is 23.2 Å². The van der Waals surface area contributed by atoms with E-state index in [2.05, 4.69) is 16.3 Å². The van der Waals surface area contributed by atoms with E-state index >= 15 is 0 Å². The van der Waals surface area contributed by atoms with Crippen molar-refractivity contribution in [1.29, 1.82) is 0 Å². The molecule has 2 saturated heterocycles. The molecule has 1 amide bonds. The lowest BCUT2D eigenvalue weighted by molar-refractivity contribution is 0.0769. The number of hydrogen-bond acceptors (Lipinski definition) is 3. The zero-order valence-corrected chi connectivity index (χ0v) is 18.5. The van der Waals surface area contributed by atoms with Gasteiger partial charge in [-0.25, -0.2) is 4.39 Å². The van der Waals surface area contributed by atoms with Crippen LogP contribution in [-0.4, -0.2) is 55.0 Å². The van der Waals surface area contributed by atoms with E-state index < -0.39 is 5.82 Å². The average molecular weight is 450 g/mol. The Morgan fingerprint density at radius 3 is 2.50 bits per heavy atom. The highest BCUT2D eigenvalue weighted by molar-refractivity contribution is 6.31. The van der Waals surface area contributed by atoms with Crippen molar-refractivity contribution in [2.45, 2.75) is 13.3 Å². The van der Waals surface area contributed by atoms with E-state index in [0.29, 0.717) is 29.9 Å². The molecule has 0 aromatic heterocycles. The Morgan fingerprint density at radius 1 is 1.10 bits per heavy atom. The van der Waals surface area contributed by atoms with Crippen LogP contribution in [0.1, 0.15) is 22.3 Å². The molecule has 0 radical (unpaired) electrons. The fourth-order valence-corrected chi connectivity index (χ4v) is 4.85. The molecule has 2 atom stereocenters. The molecule has 0 bridgehead atoms. The molecule has 2 aromatic rings. The molecule has 4 nitrogen and oxygen atoms in total. The predicted molar refractivity (Wildman–Crippen MR) is 120 cm³/mol. The second-order valence-corrected chi connectivity index (χ2v) is 9.20. The van der Waals surface area contributed by atoms with Crippen molar-refractivity contribution in [2.75, 3.05) is 44.6 Å². The van der Waals surface area contributed by atoms with Crippen LogP contribution in [0.2, 0.25) is 10.0 Å². The number of rotatable bonds is 6. The Bertz CT molecular complexity index is 925. The highest BCUT2D eigenvalue weighted by Crippen LogP contribution is 2.32. The molecule has 2 aliphatic rings. The minimum atomic E-state index is -0.548. The van der Waals surface area contributed by atoms with Gasteiger partial charge >= 0.3 is 0 Å². The molecule has 2 heterocycles. The fourth-order valence-electron chi connectivity index (χ4n) is 4.51. The van der Waals surface area contributed by atoms with Gasteiger partial charge in [-0.15, -0.1) is 0 Å². The van der Waals surface area contributed by atoms with Gasteiger partial charge in [-0.2, -0.15) is 0 Å². The van der Waals surface area contributed by atoms with Gasteiger partial charge < -0.3 is 15.1 Å². The number of amides is 1. The first-order valence-corrected chi connectivity index (χ1v) is 11.1. The van der Waals surface area contributed by atoms with Crippen LogP contribution in [0, 0.1) is 24.6 Å². The molecule has 4 rings (SSSR count). The largest absolute Gasteiger partial charge is 0.385 e. The first-order valence-electron chi connectivity index (χ1n) is 10.4. The van der Waals surface area contributed by atoms with Gasteiger partial charge in [0.05, 0.1) is 5.56 Å². The van der Waals surface area contributed by atoms with Crippen LogP contribution in [0.15, 0.2) is 36.4 Å². The predicted octanol–water partition coefficient (Wildman–Crippen LogP) is 4.95. The number of benzene rings is 2. The molecule has 30 heavy (non-hydrogen) atoms. The molecular weight excluding hydrogens is 424 g/mol. The molecule has 2 fully saturated rings. The number of halogens is 3. The monoisotopic (exact) mass is 449 g/mol. The smallest absolute Gasteiger partial charge is 0.256 e. The molecule has 0 aliphatic carbocycles. The normalized spacial score (nSPS) is 21.1. The number of carbonyl (C=O) groups is 1. The van der Waals surface area contributed by atoms with Gasteiger partial charge in [-0.3, -0.25) is 4.79 Å². The summed E-state index contributed by atoms with van der Waals surface area (Å²) in [5, 5.41) is 4.51. The highest BCUT2D eigenvalue weighted by atomic mass is 35.5. The second-order valence-electron chi connectivity index (χ2n) is 8.36. The number of likely N-dealkylation sites (tertiary alicyclic amines) is 2.